The van der Waals surface area contributed by atoms with Crippen LogP contribution in [0.5, 0.6) is 0 Å². The number of nitrogens with one attached hydrogen (secondary N) is 2. The predicted octanol–water partition coefficient (Wildman–Crippen LogP) is 2.48. The lowest BCUT2D eigenvalue weighted by Crippen LogP contribution is -2.39. The number of aromatic nitrogens is 1. The molecule has 1 aromatic rings. The molecule has 2 fully saturated rings. The van der Waals surface area contributed by atoms with Crippen molar-refractivity contribution in [2.24, 2.45) is 13.0 Å². The van der Waals surface area contributed by atoms with Gasteiger partial charge in [-0.25, -0.2) is 4.79 Å². The number of aryl methyl sites for hydroxylation is 1. The van der Waals surface area contributed by atoms with Crippen molar-refractivity contribution < 1.29 is 14.3 Å². The van der Waals surface area contributed by atoms with Crippen molar-refractivity contribution in [1.82, 2.24) is 9.88 Å². The lowest BCUT2D eigenvalue weighted by atomic mass is 9.89. The number of piperidine rings is 1. The molecular weight excluding hydrogens is 330 g/mol. The second-order valence-corrected chi connectivity index (χ2v) is 6.67. The van der Waals surface area contributed by atoms with Gasteiger partial charge >= 0.3 is 5.97 Å². The van der Waals surface area contributed by atoms with Crippen molar-refractivity contribution in [1.29, 1.82) is 0 Å². The highest BCUT2D eigenvalue weighted by atomic mass is 35.5. The van der Waals surface area contributed by atoms with Gasteiger partial charge in [0, 0.05) is 31.7 Å². The van der Waals surface area contributed by atoms with Gasteiger partial charge in [-0.3, -0.25) is 4.79 Å². The van der Waals surface area contributed by atoms with Gasteiger partial charge < -0.3 is 19.9 Å². The average molecular weight is 356 g/mol. The van der Waals surface area contributed by atoms with Gasteiger partial charge in [0.05, 0.1) is 12.3 Å². The molecule has 2 N–H and O–H groups in total. The molecule has 7 heteroatoms. The first-order valence-corrected chi connectivity index (χ1v) is 8.44. The molecule has 2 aliphatic rings. The summed E-state index contributed by atoms with van der Waals surface area (Å²) in [5, 5.41) is 6.50. The number of nitrogens with zero attached hydrogens (tertiary/aromatic N) is 1. The number of ether oxygens (including phenoxy) is 1. The van der Waals surface area contributed by atoms with Crippen LogP contribution >= 0.6 is 12.4 Å². The van der Waals surface area contributed by atoms with Crippen LogP contribution in [-0.4, -0.2) is 35.1 Å². The van der Waals surface area contributed by atoms with Crippen molar-refractivity contribution in [3.8, 4) is 0 Å². The lowest BCUT2D eigenvalue weighted by molar-refractivity contribution is -0.117. The largest absolute Gasteiger partial charge is 0.461 e. The molecule has 0 spiro atoms. The maximum Gasteiger partial charge on any atom is 0.355 e. The van der Waals surface area contributed by atoms with Crippen molar-refractivity contribution >= 4 is 30.0 Å². The molecule has 3 heterocycles. The maximum absolute atomic E-state index is 12.3. The summed E-state index contributed by atoms with van der Waals surface area (Å²) in [4.78, 5) is 24.1. The van der Waals surface area contributed by atoms with Crippen LogP contribution in [0, 0.1) is 5.92 Å². The number of anilines is 1. The summed E-state index contributed by atoms with van der Waals surface area (Å²) in [6.07, 6.45) is 6.96. The Kier molecular flexibility index (Phi) is 6.29. The number of carbonyl (C=O) groups excluding carboxylic acids is 2. The number of esters is 1. The fourth-order valence-electron chi connectivity index (χ4n) is 3.86. The van der Waals surface area contributed by atoms with Crippen molar-refractivity contribution in [3.63, 3.8) is 0 Å². The van der Waals surface area contributed by atoms with Crippen molar-refractivity contribution in [3.05, 3.63) is 18.0 Å². The van der Waals surface area contributed by atoms with Crippen LogP contribution in [0.1, 0.15) is 49.5 Å². The minimum absolute atomic E-state index is 0. The highest BCUT2D eigenvalue weighted by Crippen LogP contribution is 2.32. The Labute approximate surface area is 148 Å². The second-order valence-electron chi connectivity index (χ2n) is 6.67. The number of halogens is 1. The van der Waals surface area contributed by atoms with Crippen molar-refractivity contribution in [2.45, 2.75) is 51.1 Å². The molecule has 3 rings (SSSR count). The summed E-state index contributed by atoms with van der Waals surface area (Å²) in [7, 11) is 1.77. The quantitative estimate of drug-likeness (QED) is 0.796. The Hall–Kier alpha value is -1.53. The van der Waals surface area contributed by atoms with E-state index in [4.69, 9.17) is 4.74 Å². The normalized spacial score (nSPS) is 25.0. The Morgan fingerprint density at radius 2 is 2.00 bits per heavy atom. The third kappa shape index (κ3) is 4.30. The first-order valence-electron chi connectivity index (χ1n) is 8.44. The van der Waals surface area contributed by atoms with Crippen LogP contribution in [-0.2, 0) is 16.6 Å². The van der Waals surface area contributed by atoms with Crippen LogP contribution in [0.4, 0.5) is 5.69 Å². The molecule has 1 amide bonds. The molecule has 0 aromatic carbocycles. The van der Waals surface area contributed by atoms with E-state index in [0.29, 0.717) is 42.4 Å². The maximum atomic E-state index is 12.3. The van der Waals surface area contributed by atoms with E-state index in [1.165, 1.54) is 12.8 Å². The molecule has 0 saturated carbocycles. The molecular formula is C17H26ClN3O3. The van der Waals surface area contributed by atoms with Gasteiger partial charge in [0.1, 0.15) is 5.69 Å². The molecule has 2 aliphatic heterocycles. The fraction of sp³-hybridized carbons (Fsp3) is 0.647. The number of carbonyl (C=O) groups is 2. The molecule has 1 aromatic heterocycles. The van der Waals surface area contributed by atoms with Crippen LogP contribution in [0.2, 0.25) is 0 Å². The number of amides is 1. The van der Waals surface area contributed by atoms with Gasteiger partial charge in [-0.15, -0.1) is 12.4 Å². The van der Waals surface area contributed by atoms with Gasteiger partial charge in [-0.2, -0.15) is 0 Å². The lowest BCUT2D eigenvalue weighted by Gasteiger charge is -2.28. The zero-order chi connectivity index (χ0) is 16.4. The summed E-state index contributed by atoms with van der Waals surface area (Å²) in [6, 6.07) is 2.86. The van der Waals surface area contributed by atoms with E-state index in [-0.39, 0.29) is 24.3 Å². The highest BCUT2D eigenvalue weighted by Gasteiger charge is 2.34. The van der Waals surface area contributed by atoms with E-state index in [9.17, 15) is 9.59 Å². The fourth-order valence-corrected chi connectivity index (χ4v) is 3.86. The summed E-state index contributed by atoms with van der Waals surface area (Å²) < 4.78 is 6.68. The van der Waals surface area contributed by atoms with Crippen molar-refractivity contribution in [2.75, 3.05) is 11.9 Å². The van der Waals surface area contributed by atoms with E-state index >= 15 is 0 Å². The summed E-state index contributed by atoms with van der Waals surface area (Å²) in [5.74, 6) is 0.115. The van der Waals surface area contributed by atoms with Crippen LogP contribution < -0.4 is 10.6 Å². The molecule has 24 heavy (non-hydrogen) atoms. The Morgan fingerprint density at radius 1 is 1.33 bits per heavy atom. The molecule has 2 bridgehead atoms. The van der Waals surface area contributed by atoms with Gasteiger partial charge in [-0.1, -0.05) is 0 Å². The topological polar surface area (TPSA) is 72.4 Å². The van der Waals surface area contributed by atoms with Gasteiger partial charge in [0.2, 0.25) is 5.91 Å². The van der Waals surface area contributed by atoms with E-state index in [1.807, 2.05) is 0 Å². The smallest absolute Gasteiger partial charge is 0.355 e. The second kappa shape index (κ2) is 8.03. The van der Waals surface area contributed by atoms with E-state index in [0.717, 1.165) is 12.8 Å². The Balaban J connectivity index is 0.00000208. The van der Waals surface area contributed by atoms with Gasteiger partial charge in [-0.05, 0) is 44.6 Å². The van der Waals surface area contributed by atoms with E-state index in [2.05, 4.69) is 10.6 Å². The SMILES string of the molecule is CCOC(=O)c1cc(NC(=O)CC2CC3CCC(C2)N3)cn1C.Cl. The number of rotatable bonds is 5. The first kappa shape index (κ1) is 18.8. The molecule has 0 radical (unpaired) electrons. The van der Waals surface area contributed by atoms with E-state index in [1.54, 1.807) is 30.8 Å². The minimum Gasteiger partial charge on any atom is -0.461 e. The zero-order valence-electron chi connectivity index (χ0n) is 14.2. The van der Waals surface area contributed by atoms with Crippen LogP contribution in [0.15, 0.2) is 12.3 Å². The van der Waals surface area contributed by atoms with Crippen LogP contribution in [0.3, 0.4) is 0 Å². The minimum atomic E-state index is -0.370. The highest BCUT2D eigenvalue weighted by molar-refractivity contribution is 5.94. The van der Waals surface area contributed by atoms with Crippen LogP contribution in [0.25, 0.3) is 0 Å². The number of hydrogen-bond acceptors (Lipinski definition) is 4. The Bertz CT molecular complexity index is 590. The molecule has 0 aliphatic carbocycles. The third-order valence-electron chi connectivity index (χ3n) is 4.82. The molecule has 6 nitrogen and oxygen atoms in total. The van der Waals surface area contributed by atoms with E-state index < -0.39 is 0 Å². The molecule has 2 atom stereocenters. The number of hydrogen-bond donors (Lipinski definition) is 2. The van der Waals surface area contributed by atoms with Gasteiger partial charge in [0.25, 0.3) is 0 Å². The summed E-state index contributed by atoms with van der Waals surface area (Å²) in [6.45, 7) is 2.11. The monoisotopic (exact) mass is 355 g/mol. The number of fused-ring (bicyclic) bond motifs is 2. The zero-order valence-corrected chi connectivity index (χ0v) is 15.0. The molecule has 2 unspecified atom stereocenters. The average Bonchev–Trinajstić information content (AvgIpc) is 3.01. The summed E-state index contributed by atoms with van der Waals surface area (Å²) in [5.41, 5.74) is 1.10. The molecule has 134 valence electrons. The first-order chi connectivity index (χ1) is 11.0. The standard InChI is InChI=1S/C17H25N3O3.ClH/c1-3-23-17(22)15-9-14(10-20(15)2)19-16(21)8-11-6-12-4-5-13(7-11)18-12;/h9-13,18H,3-8H2,1-2H3,(H,19,21);1H. The molecule has 2 saturated heterocycles. The Morgan fingerprint density at radius 3 is 2.62 bits per heavy atom. The van der Waals surface area contributed by atoms with Gasteiger partial charge in [0.15, 0.2) is 0 Å². The third-order valence-corrected chi connectivity index (χ3v) is 4.82. The summed E-state index contributed by atoms with van der Waals surface area (Å²) >= 11 is 0. The predicted molar refractivity (Wildman–Crippen MR) is 94.5 cm³/mol.